The fourth-order valence-electron chi connectivity index (χ4n) is 2.44. The molecule has 142 valence electrons. The Morgan fingerprint density at radius 1 is 0.857 bits per heavy atom. The summed E-state index contributed by atoms with van der Waals surface area (Å²) in [4.78, 5) is 24.4. The average Bonchev–Trinajstić information content (AvgIpc) is 2.73. The highest BCUT2D eigenvalue weighted by molar-refractivity contribution is 14.1. The van der Waals surface area contributed by atoms with Crippen LogP contribution in [-0.4, -0.2) is 11.8 Å². The molecule has 3 rings (SSSR count). The molecule has 0 radical (unpaired) electrons. The van der Waals surface area contributed by atoms with Gasteiger partial charge in [0, 0.05) is 14.7 Å². The number of benzene rings is 3. The largest absolute Gasteiger partial charge is 0.489 e. The van der Waals surface area contributed by atoms with Crippen molar-refractivity contribution < 1.29 is 14.3 Å². The number of hydrazine groups is 1. The van der Waals surface area contributed by atoms with Crippen molar-refractivity contribution in [1.29, 1.82) is 0 Å². The van der Waals surface area contributed by atoms with Crippen LogP contribution in [0.1, 0.15) is 31.8 Å². The van der Waals surface area contributed by atoms with Gasteiger partial charge in [-0.05, 0) is 77.0 Å². The Kier molecular flexibility index (Phi) is 6.65. The van der Waals surface area contributed by atoms with Crippen molar-refractivity contribution in [2.24, 2.45) is 0 Å². The maximum Gasteiger partial charge on any atom is 0.269 e. The highest BCUT2D eigenvalue weighted by Gasteiger charge is 2.10. The molecule has 2 amide bonds. The first-order valence-electron chi connectivity index (χ1n) is 8.66. The number of hydrogen-bond acceptors (Lipinski definition) is 3. The summed E-state index contributed by atoms with van der Waals surface area (Å²) in [5.41, 5.74) is 7.93. The topological polar surface area (TPSA) is 67.4 Å². The van der Waals surface area contributed by atoms with E-state index in [9.17, 15) is 9.59 Å². The second-order valence-electron chi connectivity index (χ2n) is 6.17. The highest BCUT2D eigenvalue weighted by atomic mass is 127. The molecule has 5 nitrogen and oxygen atoms in total. The van der Waals surface area contributed by atoms with Crippen molar-refractivity contribution in [2.45, 2.75) is 13.5 Å². The lowest BCUT2D eigenvalue weighted by molar-refractivity contribution is 0.0846. The molecule has 0 saturated heterocycles. The van der Waals surface area contributed by atoms with Gasteiger partial charge in [0.2, 0.25) is 0 Å². The molecule has 3 aromatic carbocycles. The molecule has 0 saturated carbocycles. The molecule has 2 N–H and O–H groups in total. The van der Waals surface area contributed by atoms with Gasteiger partial charge in [0.05, 0.1) is 0 Å². The number of aryl methyl sites for hydroxylation is 1. The summed E-state index contributed by atoms with van der Waals surface area (Å²) < 4.78 is 6.69. The number of nitrogens with one attached hydrogen (secondary N) is 2. The van der Waals surface area contributed by atoms with Gasteiger partial charge in [-0.1, -0.05) is 36.4 Å². The third-order valence-corrected chi connectivity index (χ3v) is 5.25. The number of amides is 2. The minimum Gasteiger partial charge on any atom is -0.489 e. The van der Waals surface area contributed by atoms with Crippen molar-refractivity contribution in [3.63, 3.8) is 0 Å². The van der Waals surface area contributed by atoms with Crippen molar-refractivity contribution >= 4 is 34.4 Å². The van der Waals surface area contributed by atoms with E-state index in [0.717, 1.165) is 14.7 Å². The van der Waals surface area contributed by atoms with Crippen LogP contribution in [0, 0.1) is 10.5 Å². The molecule has 0 spiro atoms. The summed E-state index contributed by atoms with van der Waals surface area (Å²) in [7, 11) is 0. The summed E-state index contributed by atoms with van der Waals surface area (Å²) in [6.07, 6.45) is 0. The van der Waals surface area contributed by atoms with Crippen molar-refractivity contribution in [2.75, 3.05) is 0 Å². The van der Waals surface area contributed by atoms with Gasteiger partial charge in [-0.25, -0.2) is 0 Å². The zero-order chi connectivity index (χ0) is 19.9. The van der Waals surface area contributed by atoms with Crippen LogP contribution < -0.4 is 15.6 Å². The highest BCUT2D eigenvalue weighted by Crippen LogP contribution is 2.15. The van der Waals surface area contributed by atoms with Gasteiger partial charge in [-0.15, -0.1) is 0 Å². The third-order valence-electron chi connectivity index (χ3n) is 4.09. The SMILES string of the molecule is Cc1ccc(C(=O)NNC(=O)c2ccc(OCc3ccccc3)cc2)cc1I. The molecule has 0 aliphatic carbocycles. The quantitative estimate of drug-likeness (QED) is 0.419. The Hall–Kier alpha value is -2.87. The molecule has 0 atom stereocenters. The van der Waals surface area contributed by atoms with Gasteiger partial charge >= 0.3 is 0 Å². The molecule has 0 bridgehead atoms. The van der Waals surface area contributed by atoms with E-state index in [2.05, 4.69) is 33.4 Å². The van der Waals surface area contributed by atoms with E-state index >= 15 is 0 Å². The molecule has 3 aromatic rings. The van der Waals surface area contributed by atoms with Crippen molar-refractivity contribution in [3.8, 4) is 5.75 Å². The van der Waals surface area contributed by atoms with E-state index < -0.39 is 5.91 Å². The third kappa shape index (κ3) is 5.32. The fourth-order valence-corrected chi connectivity index (χ4v) is 2.95. The van der Waals surface area contributed by atoms with Gasteiger partial charge < -0.3 is 4.74 Å². The summed E-state index contributed by atoms with van der Waals surface area (Å²) in [5.74, 6) is -0.0995. The standard InChI is InChI=1S/C22H19IN2O3/c1-15-7-8-18(13-20(15)23)22(27)25-24-21(26)17-9-11-19(12-10-17)28-14-16-5-3-2-4-6-16/h2-13H,14H2,1H3,(H,24,26)(H,25,27). The van der Waals surface area contributed by atoms with Crippen LogP contribution in [-0.2, 0) is 6.61 Å². The zero-order valence-corrected chi connectivity index (χ0v) is 17.4. The first-order valence-corrected chi connectivity index (χ1v) is 9.74. The second kappa shape index (κ2) is 9.36. The molecule has 6 heteroatoms. The van der Waals surface area contributed by atoms with E-state index in [-0.39, 0.29) is 5.91 Å². The van der Waals surface area contributed by atoms with E-state index in [1.54, 1.807) is 36.4 Å². The van der Waals surface area contributed by atoms with Crippen LogP contribution in [0.5, 0.6) is 5.75 Å². The van der Waals surface area contributed by atoms with Gasteiger partial charge in [0.15, 0.2) is 0 Å². The number of halogens is 1. The smallest absolute Gasteiger partial charge is 0.269 e. The molecule has 0 aliphatic heterocycles. The Morgan fingerprint density at radius 2 is 1.46 bits per heavy atom. The zero-order valence-electron chi connectivity index (χ0n) is 15.2. The predicted molar refractivity (Wildman–Crippen MR) is 116 cm³/mol. The Morgan fingerprint density at radius 3 is 2.11 bits per heavy atom. The lowest BCUT2D eigenvalue weighted by atomic mass is 10.1. The normalized spacial score (nSPS) is 10.2. The number of carbonyl (C=O) groups is 2. The monoisotopic (exact) mass is 486 g/mol. The maximum atomic E-state index is 12.2. The summed E-state index contributed by atoms with van der Waals surface area (Å²) in [6.45, 7) is 2.43. The van der Waals surface area contributed by atoms with Crippen molar-refractivity contribution in [3.05, 3.63) is 98.6 Å². The summed E-state index contributed by atoms with van der Waals surface area (Å²) >= 11 is 2.17. The molecular formula is C22H19IN2O3. The van der Waals surface area contributed by atoms with Gasteiger partial charge in [0.1, 0.15) is 12.4 Å². The van der Waals surface area contributed by atoms with E-state index in [1.807, 2.05) is 43.3 Å². The first kappa shape index (κ1) is 19.9. The molecular weight excluding hydrogens is 467 g/mol. The van der Waals surface area contributed by atoms with E-state index in [4.69, 9.17) is 4.74 Å². The lowest BCUT2D eigenvalue weighted by Gasteiger charge is -2.10. The Bertz CT molecular complexity index is 973. The first-order chi connectivity index (χ1) is 13.5. The minimum absolute atomic E-state index is 0.367. The average molecular weight is 486 g/mol. The van der Waals surface area contributed by atoms with Crippen LogP contribution >= 0.6 is 22.6 Å². The molecule has 0 heterocycles. The summed E-state index contributed by atoms with van der Waals surface area (Å²) in [5, 5.41) is 0. The van der Waals surface area contributed by atoms with Crippen LogP contribution in [0.3, 0.4) is 0 Å². The molecule has 0 fully saturated rings. The molecule has 0 unspecified atom stereocenters. The Balaban J connectivity index is 1.52. The second-order valence-corrected chi connectivity index (χ2v) is 7.33. The van der Waals surface area contributed by atoms with Crippen LogP contribution in [0.15, 0.2) is 72.8 Å². The van der Waals surface area contributed by atoms with Crippen LogP contribution in [0.25, 0.3) is 0 Å². The van der Waals surface area contributed by atoms with Crippen LogP contribution in [0.2, 0.25) is 0 Å². The maximum absolute atomic E-state index is 12.2. The van der Waals surface area contributed by atoms with Gasteiger partial charge in [0.25, 0.3) is 11.8 Å². The van der Waals surface area contributed by atoms with Crippen LogP contribution in [0.4, 0.5) is 0 Å². The summed E-state index contributed by atoms with van der Waals surface area (Å²) in [6, 6.07) is 21.9. The minimum atomic E-state index is -0.398. The Labute approximate surface area is 177 Å². The van der Waals surface area contributed by atoms with E-state index in [0.29, 0.717) is 23.5 Å². The number of carbonyl (C=O) groups excluding carboxylic acids is 2. The van der Waals surface area contributed by atoms with Crippen molar-refractivity contribution in [1.82, 2.24) is 10.9 Å². The molecule has 0 aromatic heterocycles. The predicted octanol–water partition coefficient (Wildman–Crippen LogP) is 4.25. The number of rotatable bonds is 5. The lowest BCUT2D eigenvalue weighted by Crippen LogP contribution is -2.41. The van der Waals surface area contributed by atoms with E-state index in [1.165, 1.54) is 0 Å². The fraction of sp³-hybridized carbons (Fsp3) is 0.0909. The number of hydrogen-bond donors (Lipinski definition) is 2. The molecule has 28 heavy (non-hydrogen) atoms. The van der Waals surface area contributed by atoms with Gasteiger partial charge in [-0.3, -0.25) is 20.4 Å². The van der Waals surface area contributed by atoms with Gasteiger partial charge in [-0.2, -0.15) is 0 Å². The number of ether oxygens (including phenoxy) is 1. The molecule has 0 aliphatic rings.